The van der Waals surface area contributed by atoms with Crippen LogP contribution in [0.15, 0.2) is 16.3 Å². The van der Waals surface area contributed by atoms with E-state index in [1.54, 1.807) is 4.90 Å². The number of rotatable bonds is 2. The Hall–Kier alpha value is -0.630. The molecule has 0 unspecified atom stereocenters. The third-order valence-electron chi connectivity index (χ3n) is 2.37. The molecule has 1 fully saturated rings. The van der Waals surface area contributed by atoms with E-state index in [1.165, 1.54) is 11.4 Å². The summed E-state index contributed by atoms with van der Waals surface area (Å²) in [5, 5.41) is 1.37. The molecule has 1 saturated heterocycles. The predicted octanol–water partition coefficient (Wildman–Crippen LogP) is 1.15. The Kier molecular flexibility index (Phi) is 3.72. The van der Waals surface area contributed by atoms with Crippen molar-refractivity contribution in [2.75, 3.05) is 26.3 Å². The third-order valence-corrected chi connectivity index (χ3v) is 4.77. The maximum Gasteiger partial charge on any atom is 0.264 e. The molecule has 0 aromatic carbocycles. The molecule has 0 spiro atoms. The largest absolute Gasteiger partial charge is 0.378 e. The summed E-state index contributed by atoms with van der Waals surface area (Å²) >= 11 is 1.08. The van der Waals surface area contributed by atoms with E-state index >= 15 is 0 Å². The highest BCUT2D eigenvalue weighted by Crippen LogP contribution is 2.23. The van der Waals surface area contributed by atoms with Crippen LogP contribution >= 0.6 is 22.0 Å². The monoisotopic (exact) mass is 295 g/mol. The van der Waals surface area contributed by atoms with Crippen LogP contribution in [0.2, 0.25) is 0 Å². The van der Waals surface area contributed by atoms with E-state index in [1.807, 2.05) is 0 Å². The highest BCUT2D eigenvalue weighted by Gasteiger charge is 2.22. The second-order valence-corrected chi connectivity index (χ2v) is 6.97. The Morgan fingerprint density at radius 2 is 2.06 bits per heavy atom. The maximum atomic E-state index is 12.0. The van der Waals surface area contributed by atoms with Crippen molar-refractivity contribution < 1.29 is 17.9 Å². The summed E-state index contributed by atoms with van der Waals surface area (Å²) in [5.41, 5.74) is 0. The highest BCUT2D eigenvalue weighted by molar-refractivity contribution is 8.13. The lowest BCUT2D eigenvalue weighted by atomic mass is 10.3. The van der Waals surface area contributed by atoms with Gasteiger partial charge in [-0.3, -0.25) is 4.79 Å². The molecule has 2 heterocycles. The molecule has 1 aromatic heterocycles. The minimum absolute atomic E-state index is 0.0271. The van der Waals surface area contributed by atoms with E-state index in [9.17, 15) is 13.2 Å². The molecular formula is C9H10ClNO4S2. The quantitative estimate of drug-likeness (QED) is 0.768. The number of carbonyl (C=O) groups excluding carboxylic acids is 1. The van der Waals surface area contributed by atoms with E-state index in [0.717, 1.165) is 11.3 Å². The lowest BCUT2D eigenvalue weighted by molar-refractivity contribution is 0.0306. The van der Waals surface area contributed by atoms with Crippen LogP contribution in [0.3, 0.4) is 0 Å². The first-order valence-electron chi connectivity index (χ1n) is 4.89. The Morgan fingerprint density at radius 3 is 2.59 bits per heavy atom. The number of nitrogens with zero attached hydrogens (tertiary/aromatic N) is 1. The third kappa shape index (κ3) is 2.98. The summed E-state index contributed by atoms with van der Waals surface area (Å²) in [6.07, 6.45) is 0. The summed E-state index contributed by atoms with van der Waals surface area (Å²) in [6.45, 7) is 2.08. The van der Waals surface area contributed by atoms with Crippen LogP contribution in [0.5, 0.6) is 0 Å². The van der Waals surface area contributed by atoms with E-state index in [0.29, 0.717) is 31.2 Å². The molecule has 0 bridgehead atoms. The van der Waals surface area contributed by atoms with Crippen LogP contribution < -0.4 is 0 Å². The number of ether oxygens (including phenoxy) is 1. The molecule has 2 rings (SSSR count). The van der Waals surface area contributed by atoms with Crippen LogP contribution in [0.25, 0.3) is 0 Å². The van der Waals surface area contributed by atoms with E-state index in [2.05, 4.69) is 0 Å². The lowest BCUT2D eigenvalue weighted by Crippen LogP contribution is -2.40. The van der Waals surface area contributed by atoms with Crippen molar-refractivity contribution in [3.63, 3.8) is 0 Å². The topological polar surface area (TPSA) is 63.7 Å². The Labute approximate surface area is 107 Å². The van der Waals surface area contributed by atoms with Crippen molar-refractivity contribution in [1.29, 1.82) is 0 Å². The van der Waals surface area contributed by atoms with Crippen molar-refractivity contribution in [3.05, 3.63) is 16.3 Å². The van der Waals surface area contributed by atoms with Gasteiger partial charge in [-0.25, -0.2) is 8.42 Å². The van der Waals surface area contributed by atoms with Gasteiger partial charge in [0.2, 0.25) is 0 Å². The zero-order chi connectivity index (χ0) is 12.5. The molecule has 0 aliphatic carbocycles. The second kappa shape index (κ2) is 4.93. The normalized spacial score (nSPS) is 17.1. The van der Waals surface area contributed by atoms with E-state index in [-0.39, 0.29) is 10.8 Å². The van der Waals surface area contributed by atoms with Crippen LogP contribution in [0.1, 0.15) is 9.67 Å². The molecule has 5 nitrogen and oxygen atoms in total. The van der Waals surface area contributed by atoms with Crippen LogP contribution in [0, 0.1) is 0 Å². The standard InChI is InChI=1S/C9H10ClNO4S2/c10-17(13,14)7-5-8(16-6-7)9(12)11-1-3-15-4-2-11/h5-6H,1-4H2. The Bertz CT molecular complexity index is 519. The molecular weight excluding hydrogens is 286 g/mol. The molecule has 0 N–H and O–H groups in total. The number of halogens is 1. The van der Waals surface area contributed by atoms with Crippen molar-refractivity contribution >= 4 is 37.0 Å². The van der Waals surface area contributed by atoms with Gasteiger partial charge in [0.15, 0.2) is 0 Å². The van der Waals surface area contributed by atoms with Gasteiger partial charge >= 0.3 is 0 Å². The smallest absolute Gasteiger partial charge is 0.264 e. The fourth-order valence-corrected chi connectivity index (χ4v) is 3.62. The van der Waals surface area contributed by atoms with Crippen LogP contribution in [0.4, 0.5) is 0 Å². The zero-order valence-corrected chi connectivity index (χ0v) is 11.1. The fourth-order valence-electron chi connectivity index (χ4n) is 1.48. The van der Waals surface area contributed by atoms with Crippen molar-refractivity contribution in [3.8, 4) is 0 Å². The zero-order valence-electron chi connectivity index (χ0n) is 8.76. The van der Waals surface area contributed by atoms with Gasteiger partial charge in [-0.15, -0.1) is 11.3 Å². The van der Waals surface area contributed by atoms with E-state index in [4.69, 9.17) is 15.4 Å². The number of hydrogen-bond acceptors (Lipinski definition) is 5. The number of amides is 1. The number of thiophene rings is 1. The van der Waals surface area contributed by atoms with Gasteiger partial charge in [0.05, 0.1) is 23.0 Å². The molecule has 1 aliphatic rings. The molecule has 94 valence electrons. The Balaban J connectivity index is 2.17. The fraction of sp³-hybridized carbons (Fsp3) is 0.444. The molecule has 0 radical (unpaired) electrons. The van der Waals surface area contributed by atoms with Gasteiger partial charge in [0.25, 0.3) is 15.0 Å². The van der Waals surface area contributed by atoms with Gasteiger partial charge in [0.1, 0.15) is 0 Å². The van der Waals surface area contributed by atoms with Crippen molar-refractivity contribution in [2.45, 2.75) is 4.90 Å². The van der Waals surface area contributed by atoms with E-state index < -0.39 is 9.05 Å². The first kappa shape index (κ1) is 12.8. The maximum absolute atomic E-state index is 12.0. The number of hydrogen-bond donors (Lipinski definition) is 0. The number of morpholine rings is 1. The first-order valence-corrected chi connectivity index (χ1v) is 8.07. The Morgan fingerprint density at radius 1 is 1.41 bits per heavy atom. The summed E-state index contributed by atoms with van der Waals surface area (Å²) in [4.78, 5) is 14.0. The summed E-state index contributed by atoms with van der Waals surface area (Å²) < 4.78 is 27.3. The molecule has 1 amide bonds. The molecule has 1 aliphatic heterocycles. The molecule has 0 saturated carbocycles. The molecule has 17 heavy (non-hydrogen) atoms. The first-order chi connectivity index (χ1) is 7.98. The molecule has 1 aromatic rings. The predicted molar refractivity (Wildman–Crippen MR) is 64.1 cm³/mol. The summed E-state index contributed by atoms with van der Waals surface area (Å²) in [6, 6.07) is 1.31. The van der Waals surface area contributed by atoms with Crippen molar-refractivity contribution in [2.24, 2.45) is 0 Å². The van der Waals surface area contributed by atoms with Crippen LogP contribution in [-0.2, 0) is 13.8 Å². The molecule has 0 atom stereocenters. The van der Waals surface area contributed by atoms with Gasteiger partial charge in [-0.05, 0) is 6.07 Å². The minimum Gasteiger partial charge on any atom is -0.378 e. The molecule has 8 heteroatoms. The summed E-state index contributed by atoms with van der Waals surface area (Å²) in [7, 11) is 1.44. The average molecular weight is 296 g/mol. The van der Waals surface area contributed by atoms with Gasteiger partial charge in [-0.2, -0.15) is 0 Å². The summed E-state index contributed by atoms with van der Waals surface area (Å²) in [5.74, 6) is -0.176. The van der Waals surface area contributed by atoms with Gasteiger partial charge in [0, 0.05) is 29.2 Å². The number of carbonyl (C=O) groups is 1. The van der Waals surface area contributed by atoms with Crippen LogP contribution in [-0.4, -0.2) is 45.5 Å². The SMILES string of the molecule is O=C(c1cc(S(=O)(=O)Cl)cs1)N1CCOCC1. The highest BCUT2D eigenvalue weighted by atomic mass is 35.7. The van der Waals surface area contributed by atoms with Gasteiger partial charge < -0.3 is 9.64 Å². The lowest BCUT2D eigenvalue weighted by Gasteiger charge is -2.26. The second-order valence-electron chi connectivity index (χ2n) is 3.49. The average Bonchev–Trinajstić information content (AvgIpc) is 2.78. The minimum atomic E-state index is -3.76. The van der Waals surface area contributed by atoms with Gasteiger partial charge in [-0.1, -0.05) is 0 Å². The van der Waals surface area contributed by atoms with Crippen molar-refractivity contribution in [1.82, 2.24) is 4.90 Å².